The van der Waals surface area contributed by atoms with Gasteiger partial charge in [0.2, 0.25) is 15.9 Å². The van der Waals surface area contributed by atoms with Crippen LogP contribution in [0.4, 0.5) is 4.39 Å². The van der Waals surface area contributed by atoms with Crippen LogP contribution in [0.3, 0.4) is 0 Å². The second-order valence-electron chi connectivity index (χ2n) is 6.93. The number of carbonyl (C=O) groups excluding carboxylic acids is 2. The van der Waals surface area contributed by atoms with Gasteiger partial charge in [0, 0.05) is 18.5 Å². The van der Waals surface area contributed by atoms with Gasteiger partial charge >= 0.3 is 0 Å². The van der Waals surface area contributed by atoms with Gasteiger partial charge in [-0.25, -0.2) is 17.5 Å². The molecule has 0 fully saturated rings. The molecule has 0 radical (unpaired) electrons. The van der Waals surface area contributed by atoms with Gasteiger partial charge in [-0.3, -0.25) is 20.4 Å². The fraction of sp³-hybridized carbons (Fsp3) is 0.130. The summed E-state index contributed by atoms with van der Waals surface area (Å²) in [5.41, 5.74) is 5.74. The molecular formula is C23H22FN3O4S. The molecule has 0 aromatic heterocycles. The summed E-state index contributed by atoms with van der Waals surface area (Å²) in [7, 11) is -3.84. The Kier molecular flexibility index (Phi) is 7.69. The van der Waals surface area contributed by atoms with E-state index in [2.05, 4.69) is 15.6 Å². The number of hydrogen-bond donors (Lipinski definition) is 3. The summed E-state index contributed by atoms with van der Waals surface area (Å²) >= 11 is 0. The van der Waals surface area contributed by atoms with E-state index in [1.165, 1.54) is 30.3 Å². The van der Waals surface area contributed by atoms with E-state index >= 15 is 0 Å². The Morgan fingerprint density at radius 3 is 2.31 bits per heavy atom. The first-order chi connectivity index (χ1) is 15.3. The monoisotopic (exact) mass is 455 g/mol. The predicted molar refractivity (Wildman–Crippen MR) is 117 cm³/mol. The van der Waals surface area contributed by atoms with E-state index in [9.17, 15) is 22.4 Å². The Labute approximate surface area is 185 Å². The van der Waals surface area contributed by atoms with Crippen LogP contribution in [0.15, 0.2) is 83.8 Å². The lowest BCUT2D eigenvalue weighted by Gasteiger charge is -2.10. The van der Waals surface area contributed by atoms with Gasteiger partial charge in [-0.05, 0) is 41.8 Å². The first-order valence-corrected chi connectivity index (χ1v) is 11.3. The van der Waals surface area contributed by atoms with Crippen molar-refractivity contribution < 1.29 is 22.4 Å². The zero-order valence-corrected chi connectivity index (χ0v) is 17.9. The van der Waals surface area contributed by atoms with E-state index in [0.717, 1.165) is 5.56 Å². The second-order valence-corrected chi connectivity index (χ2v) is 8.70. The van der Waals surface area contributed by atoms with Crippen LogP contribution < -0.4 is 15.6 Å². The van der Waals surface area contributed by atoms with Crippen molar-refractivity contribution in [1.29, 1.82) is 0 Å². The smallest absolute Gasteiger partial charge is 0.269 e. The molecule has 0 saturated carbocycles. The highest BCUT2D eigenvalue weighted by atomic mass is 32.2. The van der Waals surface area contributed by atoms with Crippen molar-refractivity contribution in [2.24, 2.45) is 0 Å². The molecule has 3 N–H and O–H groups in total. The quantitative estimate of drug-likeness (QED) is 0.454. The third kappa shape index (κ3) is 6.47. The molecule has 0 spiro atoms. The molecule has 3 aromatic rings. The van der Waals surface area contributed by atoms with E-state index in [1.807, 2.05) is 6.07 Å². The Morgan fingerprint density at radius 2 is 1.56 bits per heavy atom. The molecule has 0 bridgehead atoms. The van der Waals surface area contributed by atoms with Crippen molar-refractivity contribution in [3.63, 3.8) is 0 Å². The minimum Gasteiger partial charge on any atom is -0.273 e. The lowest BCUT2D eigenvalue weighted by atomic mass is 10.1. The number of benzene rings is 3. The average molecular weight is 456 g/mol. The molecule has 32 heavy (non-hydrogen) atoms. The Bertz CT molecular complexity index is 1200. The van der Waals surface area contributed by atoms with Crippen LogP contribution in [0.1, 0.15) is 27.9 Å². The lowest BCUT2D eigenvalue weighted by molar-refractivity contribution is -0.121. The van der Waals surface area contributed by atoms with Crippen molar-refractivity contribution in [2.45, 2.75) is 24.3 Å². The maximum Gasteiger partial charge on any atom is 0.269 e. The first kappa shape index (κ1) is 23.1. The van der Waals surface area contributed by atoms with Gasteiger partial charge in [0.15, 0.2) is 0 Å². The lowest BCUT2D eigenvalue weighted by Crippen LogP contribution is -2.41. The number of rotatable bonds is 8. The zero-order chi connectivity index (χ0) is 23.0. The van der Waals surface area contributed by atoms with Crippen molar-refractivity contribution >= 4 is 21.8 Å². The summed E-state index contributed by atoms with van der Waals surface area (Å²) in [5, 5.41) is 0. The van der Waals surface area contributed by atoms with Gasteiger partial charge in [0.1, 0.15) is 5.82 Å². The molecule has 0 atom stereocenters. The van der Waals surface area contributed by atoms with Gasteiger partial charge in [0.25, 0.3) is 5.91 Å². The van der Waals surface area contributed by atoms with Crippen LogP contribution >= 0.6 is 0 Å². The summed E-state index contributed by atoms with van der Waals surface area (Å²) in [5.74, 6) is -1.58. The van der Waals surface area contributed by atoms with Crippen LogP contribution in [0, 0.1) is 5.82 Å². The average Bonchev–Trinajstić information content (AvgIpc) is 2.81. The minimum absolute atomic E-state index is 0.0287. The molecule has 0 saturated heterocycles. The molecule has 0 unspecified atom stereocenters. The normalized spacial score (nSPS) is 11.0. The van der Waals surface area contributed by atoms with Gasteiger partial charge in [0.05, 0.1) is 4.90 Å². The fourth-order valence-corrected chi connectivity index (χ4v) is 3.94. The Morgan fingerprint density at radius 1 is 0.844 bits per heavy atom. The third-order valence-electron chi connectivity index (χ3n) is 4.61. The van der Waals surface area contributed by atoms with E-state index < -0.39 is 27.7 Å². The molecule has 0 aliphatic heterocycles. The number of halogens is 1. The van der Waals surface area contributed by atoms with Crippen LogP contribution in [0.2, 0.25) is 0 Å². The van der Waals surface area contributed by atoms with Gasteiger partial charge in [-0.15, -0.1) is 0 Å². The largest absolute Gasteiger partial charge is 0.273 e. The summed E-state index contributed by atoms with van der Waals surface area (Å²) in [6.07, 6.45) is 0.147. The number of carbonyl (C=O) groups is 2. The molecule has 0 aliphatic rings. The maximum absolute atomic E-state index is 13.6. The fourth-order valence-electron chi connectivity index (χ4n) is 2.87. The van der Waals surface area contributed by atoms with Gasteiger partial charge < -0.3 is 0 Å². The van der Waals surface area contributed by atoms with Crippen LogP contribution in [-0.4, -0.2) is 20.2 Å². The number of sulfonamides is 1. The van der Waals surface area contributed by atoms with Crippen LogP contribution in [0.25, 0.3) is 0 Å². The molecule has 3 aromatic carbocycles. The predicted octanol–water partition coefficient (Wildman–Crippen LogP) is 2.70. The van der Waals surface area contributed by atoms with Crippen molar-refractivity contribution in [3.05, 3.63) is 101 Å². The SMILES string of the molecule is O=C(CCc1ccccc1F)NNC(=O)c1cccc(S(=O)(=O)NCc2ccccc2)c1. The highest BCUT2D eigenvalue weighted by Gasteiger charge is 2.16. The molecule has 0 aliphatic carbocycles. The molecular weight excluding hydrogens is 433 g/mol. The minimum atomic E-state index is -3.84. The number of aryl methyl sites for hydroxylation is 1. The van der Waals surface area contributed by atoms with Crippen molar-refractivity contribution in [1.82, 2.24) is 15.6 Å². The summed E-state index contributed by atoms with van der Waals surface area (Å²) in [6, 6.07) is 20.6. The molecule has 7 nitrogen and oxygen atoms in total. The standard InChI is InChI=1S/C23H22FN3O4S/c24-21-12-5-4-9-18(21)13-14-22(28)26-27-23(29)19-10-6-11-20(15-19)32(30,31)25-16-17-7-2-1-3-8-17/h1-12,15,25H,13-14,16H2,(H,26,28)(H,27,29). The van der Waals surface area contributed by atoms with Crippen molar-refractivity contribution in [2.75, 3.05) is 0 Å². The molecule has 2 amide bonds. The van der Waals surface area contributed by atoms with Gasteiger partial charge in [-0.1, -0.05) is 54.6 Å². The number of nitrogens with one attached hydrogen (secondary N) is 3. The highest BCUT2D eigenvalue weighted by molar-refractivity contribution is 7.89. The topological polar surface area (TPSA) is 104 Å². The van der Waals surface area contributed by atoms with E-state index in [-0.39, 0.29) is 29.8 Å². The molecule has 9 heteroatoms. The number of hydrogen-bond acceptors (Lipinski definition) is 4. The summed E-state index contributed by atoms with van der Waals surface area (Å²) in [6.45, 7) is 0.109. The summed E-state index contributed by atoms with van der Waals surface area (Å²) < 4.78 is 41.2. The van der Waals surface area contributed by atoms with E-state index in [0.29, 0.717) is 5.56 Å². The van der Waals surface area contributed by atoms with Crippen LogP contribution in [-0.2, 0) is 27.8 Å². The third-order valence-corrected chi connectivity index (χ3v) is 6.01. The molecule has 3 rings (SSSR count). The van der Waals surface area contributed by atoms with Crippen LogP contribution in [0.5, 0.6) is 0 Å². The first-order valence-electron chi connectivity index (χ1n) is 9.81. The Balaban J connectivity index is 1.55. The zero-order valence-electron chi connectivity index (χ0n) is 17.0. The molecule has 166 valence electrons. The number of amides is 2. The van der Waals surface area contributed by atoms with Gasteiger partial charge in [-0.2, -0.15) is 0 Å². The van der Waals surface area contributed by atoms with E-state index in [1.54, 1.807) is 42.5 Å². The second kappa shape index (κ2) is 10.7. The Hall–Kier alpha value is -3.56. The highest BCUT2D eigenvalue weighted by Crippen LogP contribution is 2.13. The number of hydrazine groups is 1. The summed E-state index contributed by atoms with van der Waals surface area (Å²) in [4.78, 5) is 24.2. The van der Waals surface area contributed by atoms with Crippen molar-refractivity contribution in [3.8, 4) is 0 Å². The molecule has 0 heterocycles. The maximum atomic E-state index is 13.6. The van der Waals surface area contributed by atoms with E-state index in [4.69, 9.17) is 0 Å².